The zero-order chi connectivity index (χ0) is 13.2. The van der Waals surface area contributed by atoms with Crippen molar-refractivity contribution in [2.75, 3.05) is 0 Å². The first kappa shape index (κ1) is 12.3. The molecule has 2 nitrogen and oxygen atoms in total. The molecule has 0 fully saturated rings. The molecule has 0 aliphatic heterocycles. The van der Waals surface area contributed by atoms with Gasteiger partial charge in [-0.2, -0.15) is 0 Å². The molecule has 0 aliphatic carbocycles. The van der Waals surface area contributed by atoms with Crippen molar-refractivity contribution in [3.05, 3.63) is 64.8 Å². The van der Waals surface area contributed by atoms with Crippen LogP contribution in [0.5, 0.6) is 0 Å². The van der Waals surface area contributed by atoms with E-state index in [1.54, 1.807) is 0 Å². The highest BCUT2D eigenvalue weighted by atomic mass is 79.9. The minimum absolute atomic E-state index is 0.554. The van der Waals surface area contributed by atoms with Crippen LogP contribution in [0.4, 0.5) is 0 Å². The van der Waals surface area contributed by atoms with E-state index in [0.29, 0.717) is 6.54 Å². The van der Waals surface area contributed by atoms with Crippen molar-refractivity contribution in [2.24, 2.45) is 5.73 Å². The Morgan fingerprint density at radius 3 is 2.47 bits per heavy atom. The van der Waals surface area contributed by atoms with E-state index in [9.17, 15) is 0 Å². The van der Waals surface area contributed by atoms with Crippen LogP contribution in [0.2, 0.25) is 0 Å². The lowest BCUT2D eigenvalue weighted by Crippen LogP contribution is -1.95. The average Bonchev–Trinajstić information content (AvgIpc) is 2.47. The maximum Gasteiger partial charge on any atom is 0.0702 e. The van der Waals surface area contributed by atoms with Crippen LogP contribution in [0.1, 0.15) is 5.56 Å². The Kier molecular flexibility index (Phi) is 3.32. The van der Waals surface area contributed by atoms with Crippen LogP contribution >= 0.6 is 15.9 Å². The van der Waals surface area contributed by atoms with Gasteiger partial charge in [-0.3, -0.25) is 4.98 Å². The zero-order valence-corrected chi connectivity index (χ0v) is 11.9. The summed E-state index contributed by atoms with van der Waals surface area (Å²) in [6.45, 7) is 0.554. The standard InChI is InChI=1S/C16H13BrN2/c17-15-4-2-12(3-5-15)14-8-13-7-11(9-18)1-6-16(13)19-10-14/h1-8,10H,9,18H2. The summed E-state index contributed by atoms with van der Waals surface area (Å²) in [5.74, 6) is 0. The lowest BCUT2D eigenvalue weighted by atomic mass is 10.0. The monoisotopic (exact) mass is 312 g/mol. The SMILES string of the molecule is NCc1ccc2ncc(-c3ccc(Br)cc3)cc2c1. The van der Waals surface area contributed by atoms with Crippen LogP contribution in [-0.4, -0.2) is 4.98 Å². The number of aromatic nitrogens is 1. The molecular formula is C16H13BrN2. The minimum atomic E-state index is 0.554. The average molecular weight is 313 g/mol. The Hall–Kier alpha value is -1.71. The predicted molar refractivity (Wildman–Crippen MR) is 82.8 cm³/mol. The Balaban J connectivity index is 2.12. The molecule has 2 aromatic carbocycles. The number of nitrogens with zero attached hydrogens (tertiary/aromatic N) is 1. The van der Waals surface area contributed by atoms with Gasteiger partial charge >= 0.3 is 0 Å². The summed E-state index contributed by atoms with van der Waals surface area (Å²) in [7, 11) is 0. The van der Waals surface area contributed by atoms with Crippen molar-refractivity contribution in [3.63, 3.8) is 0 Å². The van der Waals surface area contributed by atoms with Gasteiger partial charge in [0, 0.05) is 28.2 Å². The molecule has 0 aliphatic rings. The highest BCUT2D eigenvalue weighted by Gasteiger charge is 2.02. The predicted octanol–water partition coefficient (Wildman–Crippen LogP) is 4.12. The minimum Gasteiger partial charge on any atom is -0.326 e. The lowest BCUT2D eigenvalue weighted by Gasteiger charge is -2.05. The topological polar surface area (TPSA) is 38.9 Å². The fourth-order valence-electron chi connectivity index (χ4n) is 2.11. The van der Waals surface area contributed by atoms with Crippen molar-refractivity contribution in [1.82, 2.24) is 4.98 Å². The van der Waals surface area contributed by atoms with Crippen molar-refractivity contribution >= 4 is 26.8 Å². The number of benzene rings is 2. The number of hydrogen-bond donors (Lipinski definition) is 1. The van der Waals surface area contributed by atoms with Gasteiger partial charge in [-0.1, -0.05) is 34.1 Å². The first-order valence-corrected chi connectivity index (χ1v) is 6.90. The van der Waals surface area contributed by atoms with Gasteiger partial charge in [0.2, 0.25) is 0 Å². The van der Waals surface area contributed by atoms with Gasteiger partial charge in [-0.05, 0) is 41.5 Å². The van der Waals surface area contributed by atoms with Gasteiger partial charge in [0.25, 0.3) is 0 Å². The van der Waals surface area contributed by atoms with Crippen molar-refractivity contribution in [3.8, 4) is 11.1 Å². The molecule has 19 heavy (non-hydrogen) atoms. The molecule has 0 radical (unpaired) electrons. The first-order valence-electron chi connectivity index (χ1n) is 6.11. The normalized spacial score (nSPS) is 10.8. The largest absolute Gasteiger partial charge is 0.326 e. The molecule has 0 saturated carbocycles. The van der Waals surface area contributed by atoms with Gasteiger partial charge in [-0.25, -0.2) is 0 Å². The Bertz CT molecular complexity index is 720. The number of halogens is 1. The van der Waals surface area contributed by atoms with Crippen LogP contribution < -0.4 is 5.73 Å². The van der Waals surface area contributed by atoms with Gasteiger partial charge in [0.05, 0.1) is 5.52 Å². The molecule has 0 bridgehead atoms. The van der Waals surface area contributed by atoms with Gasteiger partial charge in [0.15, 0.2) is 0 Å². The highest BCUT2D eigenvalue weighted by Crippen LogP contribution is 2.24. The summed E-state index contributed by atoms with van der Waals surface area (Å²) in [6, 6.07) is 16.5. The summed E-state index contributed by atoms with van der Waals surface area (Å²) in [5, 5.41) is 1.13. The molecule has 94 valence electrons. The quantitative estimate of drug-likeness (QED) is 0.773. The summed E-state index contributed by atoms with van der Waals surface area (Å²) in [5.41, 5.74) is 10.1. The molecule has 3 rings (SSSR count). The Morgan fingerprint density at radius 1 is 0.947 bits per heavy atom. The second-order valence-electron chi connectivity index (χ2n) is 4.46. The van der Waals surface area contributed by atoms with E-state index in [4.69, 9.17) is 5.73 Å². The van der Waals surface area contributed by atoms with Gasteiger partial charge in [0.1, 0.15) is 0 Å². The molecule has 0 atom stereocenters. The smallest absolute Gasteiger partial charge is 0.0702 e. The van der Waals surface area contributed by atoms with Crippen molar-refractivity contribution in [1.29, 1.82) is 0 Å². The van der Waals surface area contributed by atoms with Crippen molar-refractivity contribution < 1.29 is 0 Å². The number of pyridine rings is 1. The third kappa shape index (κ3) is 2.53. The summed E-state index contributed by atoms with van der Waals surface area (Å²) in [6.07, 6.45) is 1.91. The molecule has 3 heteroatoms. The van der Waals surface area contributed by atoms with Crippen molar-refractivity contribution in [2.45, 2.75) is 6.54 Å². The van der Waals surface area contributed by atoms with E-state index in [0.717, 1.165) is 32.1 Å². The number of rotatable bonds is 2. The molecule has 0 saturated heterocycles. The fraction of sp³-hybridized carbons (Fsp3) is 0.0625. The summed E-state index contributed by atoms with van der Waals surface area (Å²) in [4.78, 5) is 4.50. The molecule has 3 aromatic rings. The van der Waals surface area contributed by atoms with E-state index >= 15 is 0 Å². The van der Waals surface area contributed by atoms with Crippen LogP contribution in [0.25, 0.3) is 22.0 Å². The van der Waals surface area contributed by atoms with Crippen LogP contribution in [0.15, 0.2) is 59.2 Å². The molecule has 0 amide bonds. The third-order valence-electron chi connectivity index (χ3n) is 3.16. The van der Waals surface area contributed by atoms with Gasteiger partial charge < -0.3 is 5.73 Å². The van der Waals surface area contributed by atoms with E-state index in [-0.39, 0.29) is 0 Å². The number of nitrogens with two attached hydrogens (primary N) is 1. The van der Waals surface area contributed by atoms with E-state index < -0.39 is 0 Å². The maximum atomic E-state index is 5.68. The van der Waals surface area contributed by atoms with E-state index in [2.05, 4.69) is 45.2 Å². The summed E-state index contributed by atoms with van der Waals surface area (Å²) < 4.78 is 1.08. The van der Waals surface area contributed by atoms with Crippen LogP contribution in [0.3, 0.4) is 0 Å². The van der Waals surface area contributed by atoms with Gasteiger partial charge in [-0.15, -0.1) is 0 Å². The molecule has 2 N–H and O–H groups in total. The molecule has 1 aromatic heterocycles. The zero-order valence-electron chi connectivity index (χ0n) is 10.3. The second-order valence-corrected chi connectivity index (χ2v) is 5.38. The van der Waals surface area contributed by atoms with E-state index in [1.807, 2.05) is 30.5 Å². The number of fused-ring (bicyclic) bond motifs is 1. The molecule has 0 unspecified atom stereocenters. The molecule has 1 heterocycles. The number of hydrogen-bond acceptors (Lipinski definition) is 2. The Labute approximate surface area is 120 Å². The maximum absolute atomic E-state index is 5.68. The third-order valence-corrected chi connectivity index (χ3v) is 3.69. The molecular weight excluding hydrogens is 300 g/mol. The molecule has 0 spiro atoms. The Morgan fingerprint density at radius 2 is 1.74 bits per heavy atom. The second kappa shape index (κ2) is 5.11. The highest BCUT2D eigenvalue weighted by molar-refractivity contribution is 9.10. The fourth-order valence-corrected chi connectivity index (χ4v) is 2.37. The first-order chi connectivity index (χ1) is 9.26. The van der Waals surface area contributed by atoms with Crippen LogP contribution in [0, 0.1) is 0 Å². The van der Waals surface area contributed by atoms with Crippen LogP contribution in [-0.2, 0) is 6.54 Å². The summed E-state index contributed by atoms with van der Waals surface area (Å²) >= 11 is 3.45. The van der Waals surface area contributed by atoms with E-state index in [1.165, 1.54) is 0 Å². The lowest BCUT2D eigenvalue weighted by molar-refractivity contribution is 1.07.